The largest absolute Gasteiger partial charge is 0.469 e. The van der Waals surface area contributed by atoms with Crippen LogP contribution in [0.15, 0.2) is 24.3 Å². The molecule has 2 rings (SSSR count). The Labute approximate surface area is 130 Å². The fraction of sp³-hybridized carbons (Fsp3) is 0.500. The van der Waals surface area contributed by atoms with Gasteiger partial charge < -0.3 is 9.64 Å². The minimum Gasteiger partial charge on any atom is -0.469 e. The summed E-state index contributed by atoms with van der Waals surface area (Å²) in [5.41, 5.74) is 1.23. The van der Waals surface area contributed by atoms with Gasteiger partial charge in [-0.3, -0.25) is 9.59 Å². The average Bonchev–Trinajstić information content (AvgIpc) is 2.97. The molecule has 1 aliphatic rings. The molecule has 0 aromatic heterocycles. The van der Waals surface area contributed by atoms with Crippen LogP contribution in [0.3, 0.4) is 0 Å². The molecule has 1 atom stereocenters. The summed E-state index contributed by atoms with van der Waals surface area (Å²) in [5.74, 6) is 0.241. The predicted octanol–water partition coefficient (Wildman–Crippen LogP) is 3.00. The van der Waals surface area contributed by atoms with Crippen LogP contribution in [0, 0.1) is 0 Å². The molecule has 0 radical (unpaired) electrons. The normalized spacial score (nSPS) is 17.8. The summed E-state index contributed by atoms with van der Waals surface area (Å²) in [6.07, 6.45) is 2.23. The molecule has 1 unspecified atom stereocenters. The number of carbonyl (C=O) groups is 2. The Balaban J connectivity index is 1.80. The lowest BCUT2D eigenvalue weighted by Crippen LogP contribution is -2.28. The average molecular weight is 310 g/mol. The second-order valence-corrected chi connectivity index (χ2v) is 5.74. The van der Waals surface area contributed by atoms with Gasteiger partial charge in [-0.25, -0.2) is 0 Å². The van der Waals surface area contributed by atoms with E-state index in [1.54, 1.807) is 0 Å². The molecule has 114 valence electrons. The number of benzene rings is 1. The van der Waals surface area contributed by atoms with Crippen LogP contribution in [0.4, 0.5) is 0 Å². The lowest BCUT2D eigenvalue weighted by Gasteiger charge is -2.16. The van der Waals surface area contributed by atoms with Crippen molar-refractivity contribution in [3.63, 3.8) is 0 Å². The van der Waals surface area contributed by atoms with Gasteiger partial charge in [0.25, 0.3) is 0 Å². The highest BCUT2D eigenvalue weighted by atomic mass is 35.5. The minimum atomic E-state index is -0.261. The Morgan fingerprint density at radius 2 is 2.00 bits per heavy atom. The highest BCUT2D eigenvalue weighted by Crippen LogP contribution is 2.28. The molecule has 1 fully saturated rings. The molecule has 5 heteroatoms. The lowest BCUT2D eigenvalue weighted by molar-refractivity contribution is -0.140. The fourth-order valence-electron chi connectivity index (χ4n) is 2.64. The van der Waals surface area contributed by atoms with Crippen LogP contribution in [0.5, 0.6) is 0 Å². The topological polar surface area (TPSA) is 46.6 Å². The number of rotatable bonds is 5. The number of likely N-dealkylation sites (tertiary alicyclic amines) is 1. The van der Waals surface area contributed by atoms with Crippen LogP contribution in [-0.4, -0.2) is 37.0 Å². The van der Waals surface area contributed by atoms with E-state index < -0.39 is 0 Å². The van der Waals surface area contributed by atoms with Crippen LogP contribution in [0.2, 0.25) is 5.02 Å². The smallest absolute Gasteiger partial charge is 0.305 e. The Hall–Kier alpha value is -1.55. The van der Waals surface area contributed by atoms with Crippen LogP contribution in [0.25, 0.3) is 0 Å². The van der Waals surface area contributed by atoms with Crippen molar-refractivity contribution in [1.29, 1.82) is 0 Å². The van der Waals surface area contributed by atoms with E-state index in [0.29, 0.717) is 25.2 Å². The number of halogens is 1. The number of nitrogens with zero attached hydrogens (tertiary/aromatic N) is 1. The maximum Gasteiger partial charge on any atom is 0.305 e. The van der Waals surface area contributed by atoms with Crippen molar-refractivity contribution in [2.75, 3.05) is 20.2 Å². The quantitative estimate of drug-likeness (QED) is 0.786. The molecule has 1 aliphatic heterocycles. The van der Waals surface area contributed by atoms with Crippen LogP contribution in [-0.2, 0) is 14.3 Å². The van der Waals surface area contributed by atoms with Gasteiger partial charge >= 0.3 is 5.97 Å². The SMILES string of the molecule is COC(=O)CCCC(=O)N1CCC(c2ccc(Cl)cc2)C1. The molecule has 0 aliphatic carbocycles. The molecule has 0 N–H and O–H groups in total. The van der Waals surface area contributed by atoms with Crippen molar-refractivity contribution in [2.24, 2.45) is 0 Å². The van der Waals surface area contributed by atoms with Gasteiger partial charge in [0.1, 0.15) is 0 Å². The summed E-state index contributed by atoms with van der Waals surface area (Å²) in [6.45, 7) is 1.53. The zero-order valence-corrected chi connectivity index (χ0v) is 12.9. The molecule has 1 amide bonds. The Morgan fingerprint density at radius 3 is 2.67 bits per heavy atom. The van der Waals surface area contributed by atoms with Crippen molar-refractivity contribution in [3.8, 4) is 0 Å². The van der Waals surface area contributed by atoms with E-state index in [-0.39, 0.29) is 11.9 Å². The predicted molar refractivity (Wildman–Crippen MR) is 81.3 cm³/mol. The van der Waals surface area contributed by atoms with Gasteiger partial charge in [0.2, 0.25) is 5.91 Å². The molecular formula is C16H20ClNO3. The first kappa shape index (κ1) is 15.8. The molecule has 4 nitrogen and oxygen atoms in total. The van der Waals surface area contributed by atoms with Gasteiger partial charge in [-0.05, 0) is 30.5 Å². The van der Waals surface area contributed by atoms with E-state index in [4.69, 9.17) is 11.6 Å². The van der Waals surface area contributed by atoms with E-state index in [0.717, 1.165) is 24.5 Å². The van der Waals surface area contributed by atoms with Crippen LogP contribution >= 0.6 is 11.6 Å². The standard InChI is InChI=1S/C16H20ClNO3/c1-21-16(20)4-2-3-15(19)18-10-9-13(11-18)12-5-7-14(17)8-6-12/h5-8,13H,2-4,9-11H2,1H3. The van der Waals surface area contributed by atoms with Gasteiger partial charge in [0.15, 0.2) is 0 Å². The van der Waals surface area contributed by atoms with E-state index in [2.05, 4.69) is 4.74 Å². The van der Waals surface area contributed by atoms with E-state index in [9.17, 15) is 9.59 Å². The fourth-order valence-corrected chi connectivity index (χ4v) is 2.76. The number of ether oxygens (including phenoxy) is 1. The van der Waals surface area contributed by atoms with E-state index in [1.165, 1.54) is 12.7 Å². The number of hydrogen-bond donors (Lipinski definition) is 0. The number of carbonyl (C=O) groups excluding carboxylic acids is 2. The Bertz CT molecular complexity index is 501. The second-order valence-electron chi connectivity index (χ2n) is 5.31. The molecule has 1 aromatic carbocycles. The summed E-state index contributed by atoms with van der Waals surface area (Å²) in [5, 5.41) is 0.729. The number of methoxy groups -OCH3 is 1. The third kappa shape index (κ3) is 4.46. The molecule has 1 saturated heterocycles. The van der Waals surface area contributed by atoms with Crippen molar-refractivity contribution < 1.29 is 14.3 Å². The maximum atomic E-state index is 12.1. The van der Waals surface area contributed by atoms with Gasteiger partial charge in [-0.1, -0.05) is 23.7 Å². The number of hydrogen-bond acceptors (Lipinski definition) is 3. The third-order valence-corrected chi connectivity index (χ3v) is 4.13. The van der Waals surface area contributed by atoms with Gasteiger partial charge in [-0.2, -0.15) is 0 Å². The highest BCUT2D eigenvalue weighted by Gasteiger charge is 2.26. The summed E-state index contributed by atoms with van der Waals surface area (Å²) in [4.78, 5) is 25.0. The maximum absolute atomic E-state index is 12.1. The van der Waals surface area contributed by atoms with Crippen LogP contribution in [0.1, 0.15) is 37.2 Å². The zero-order chi connectivity index (χ0) is 15.2. The summed E-state index contributed by atoms with van der Waals surface area (Å²) >= 11 is 5.89. The number of esters is 1. The van der Waals surface area contributed by atoms with Crippen LogP contribution < -0.4 is 0 Å². The Kier molecular flexibility index (Phi) is 5.62. The molecule has 21 heavy (non-hydrogen) atoms. The van der Waals surface area contributed by atoms with Gasteiger partial charge in [-0.15, -0.1) is 0 Å². The van der Waals surface area contributed by atoms with Crippen molar-refractivity contribution in [1.82, 2.24) is 4.90 Å². The lowest BCUT2D eigenvalue weighted by atomic mass is 9.99. The molecular weight excluding hydrogens is 290 g/mol. The molecule has 0 saturated carbocycles. The first-order valence-electron chi connectivity index (χ1n) is 7.20. The van der Waals surface area contributed by atoms with E-state index in [1.807, 2.05) is 29.2 Å². The molecule has 1 aromatic rings. The third-order valence-electron chi connectivity index (χ3n) is 3.88. The molecule has 1 heterocycles. The minimum absolute atomic E-state index is 0.121. The molecule has 0 bridgehead atoms. The number of amides is 1. The Morgan fingerprint density at radius 1 is 1.29 bits per heavy atom. The van der Waals surface area contributed by atoms with E-state index >= 15 is 0 Å². The monoisotopic (exact) mass is 309 g/mol. The summed E-state index contributed by atoms with van der Waals surface area (Å²) < 4.78 is 4.57. The van der Waals surface area contributed by atoms with Crippen molar-refractivity contribution in [2.45, 2.75) is 31.6 Å². The first-order chi connectivity index (χ1) is 10.1. The summed E-state index contributed by atoms with van der Waals surface area (Å²) in [7, 11) is 1.36. The molecule has 0 spiro atoms. The van der Waals surface area contributed by atoms with Gasteiger partial charge in [0.05, 0.1) is 7.11 Å². The zero-order valence-electron chi connectivity index (χ0n) is 12.2. The first-order valence-corrected chi connectivity index (χ1v) is 7.58. The van der Waals surface area contributed by atoms with Gasteiger partial charge in [0, 0.05) is 36.9 Å². The second kappa shape index (κ2) is 7.46. The summed E-state index contributed by atoms with van der Waals surface area (Å²) in [6, 6.07) is 7.83. The highest BCUT2D eigenvalue weighted by molar-refractivity contribution is 6.30. The van der Waals surface area contributed by atoms with Crippen molar-refractivity contribution >= 4 is 23.5 Å². The van der Waals surface area contributed by atoms with Crippen molar-refractivity contribution in [3.05, 3.63) is 34.9 Å².